The summed E-state index contributed by atoms with van der Waals surface area (Å²) in [6.07, 6.45) is 5.41. The molecule has 2 aromatic rings. The van der Waals surface area contributed by atoms with Crippen molar-refractivity contribution >= 4 is 23.4 Å². The third kappa shape index (κ3) is 4.46. The largest absolute Gasteiger partial charge is 0.504 e. The predicted octanol–water partition coefficient (Wildman–Crippen LogP) is 4.49. The van der Waals surface area contributed by atoms with E-state index in [0.717, 1.165) is 38.0 Å². The summed E-state index contributed by atoms with van der Waals surface area (Å²) in [6.45, 7) is 4.07. The van der Waals surface area contributed by atoms with Gasteiger partial charge in [0, 0.05) is 53.9 Å². The Morgan fingerprint density at radius 2 is 1.68 bits per heavy atom. The van der Waals surface area contributed by atoms with Crippen LogP contribution in [0, 0.1) is 17.8 Å². The van der Waals surface area contributed by atoms with Gasteiger partial charge in [-0.05, 0) is 56.2 Å². The summed E-state index contributed by atoms with van der Waals surface area (Å²) in [7, 11) is 1.46. The molecule has 2 heterocycles. The zero-order valence-electron chi connectivity index (χ0n) is 25.0. The lowest BCUT2D eigenvalue weighted by atomic mass is 9.59. The summed E-state index contributed by atoms with van der Waals surface area (Å²) in [5, 5.41) is 11.2. The van der Waals surface area contributed by atoms with Gasteiger partial charge in [-0.3, -0.25) is 29.0 Å². The molecule has 7 rings (SSSR count). The fraction of sp³-hybridized carbons (Fsp3) is 0.389. The molecule has 4 unspecified atom stereocenters. The van der Waals surface area contributed by atoms with Crippen molar-refractivity contribution in [3.05, 3.63) is 94.1 Å². The number of ketones is 2. The van der Waals surface area contributed by atoms with Gasteiger partial charge in [0.15, 0.2) is 23.1 Å². The summed E-state index contributed by atoms with van der Waals surface area (Å²) in [5.74, 6) is -2.84. The summed E-state index contributed by atoms with van der Waals surface area (Å²) in [4.78, 5) is 59.1. The molecule has 8 nitrogen and oxygen atoms in total. The van der Waals surface area contributed by atoms with Gasteiger partial charge < -0.3 is 9.84 Å². The molecular weight excluding hydrogens is 556 g/mol. The maximum atomic E-state index is 14.3. The van der Waals surface area contributed by atoms with E-state index in [1.807, 2.05) is 24.3 Å². The highest BCUT2D eigenvalue weighted by Gasteiger charge is 2.57. The number of methoxy groups -OCH3 is 1. The van der Waals surface area contributed by atoms with Gasteiger partial charge in [0.2, 0.25) is 11.8 Å². The van der Waals surface area contributed by atoms with Crippen LogP contribution in [-0.4, -0.2) is 64.5 Å². The number of phenolic OH excluding ortho intramolecular Hbond substituents is 1. The van der Waals surface area contributed by atoms with Crippen LogP contribution in [0.4, 0.5) is 0 Å². The molecular formula is C36H36N2O6. The lowest BCUT2D eigenvalue weighted by Gasteiger charge is -2.42. The number of carbonyl (C=O) groups is 4. The number of hydrogen-bond acceptors (Lipinski definition) is 7. The number of imide groups is 1. The van der Waals surface area contributed by atoms with Crippen molar-refractivity contribution in [2.45, 2.75) is 51.1 Å². The fourth-order valence-electron chi connectivity index (χ4n) is 8.22. The molecule has 1 N–H and O–H groups in total. The molecule has 0 spiro atoms. The molecule has 0 aromatic heterocycles. The maximum Gasteiger partial charge on any atom is 0.233 e. The second-order valence-corrected chi connectivity index (χ2v) is 12.7. The van der Waals surface area contributed by atoms with Crippen molar-refractivity contribution < 1.29 is 29.0 Å². The molecule has 0 saturated carbocycles. The molecule has 0 radical (unpaired) electrons. The molecule has 4 atom stereocenters. The number of phenols is 1. The third-order valence-corrected chi connectivity index (χ3v) is 10.3. The van der Waals surface area contributed by atoms with Gasteiger partial charge in [-0.15, -0.1) is 0 Å². The number of nitrogens with zero attached hydrogens (tertiary/aromatic N) is 2. The second kappa shape index (κ2) is 11.0. The van der Waals surface area contributed by atoms with Crippen molar-refractivity contribution in [3.8, 4) is 11.5 Å². The summed E-state index contributed by atoms with van der Waals surface area (Å²) < 4.78 is 5.38. The number of amides is 2. The number of fused-ring (bicyclic) bond motifs is 3. The Bertz CT molecular complexity index is 1660. The van der Waals surface area contributed by atoms with Crippen LogP contribution in [0.5, 0.6) is 11.5 Å². The molecule has 2 amide bonds. The Labute approximate surface area is 256 Å². The number of rotatable bonds is 5. The van der Waals surface area contributed by atoms with Crippen LogP contribution in [0.15, 0.2) is 83.0 Å². The Morgan fingerprint density at radius 1 is 0.932 bits per heavy atom. The first-order chi connectivity index (χ1) is 21.3. The first-order valence-electron chi connectivity index (χ1n) is 15.5. The minimum absolute atomic E-state index is 0.0966. The zero-order valence-corrected chi connectivity index (χ0v) is 25.0. The van der Waals surface area contributed by atoms with Crippen LogP contribution in [0.25, 0.3) is 0 Å². The number of ether oxygens (including phenoxy) is 1. The number of Topliss-reactive ketones (excluding diaryl/α,β-unsaturated/α-hetero) is 1. The number of allylic oxidation sites excluding steroid dienone is 6. The van der Waals surface area contributed by atoms with E-state index in [2.05, 4.69) is 17.0 Å². The van der Waals surface area contributed by atoms with E-state index in [0.29, 0.717) is 28.7 Å². The number of carbonyl (C=O) groups excluding carboxylic acids is 4. The van der Waals surface area contributed by atoms with Gasteiger partial charge in [0.1, 0.15) is 0 Å². The van der Waals surface area contributed by atoms with Crippen LogP contribution in [-0.2, 0) is 25.7 Å². The predicted molar refractivity (Wildman–Crippen MR) is 163 cm³/mol. The monoisotopic (exact) mass is 592 g/mol. The van der Waals surface area contributed by atoms with E-state index < -0.39 is 23.7 Å². The fourth-order valence-corrected chi connectivity index (χ4v) is 8.22. The molecule has 2 fully saturated rings. The maximum absolute atomic E-state index is 14.3. The highest BCUT2D eigenvalue weighted by molar-refractivity contribution is 6.24. The van der Waals surface area contributed by atoms with Gasteiger partial charge in [-0.1, -0.05) is 54.1 Å². The highest BCUT2D eigenvalue weighted by Crippen LogP contribution is 2.57. The number of piperidine rings is 1. The Morgan fingerprint density at radius 3 is 2.41 bits per heavy atom. The Kier molecular flexibility index (Phi) is 7.12. The first kappa shape index (κ1) is 28.5. The van der Waals surface area contributed by atoms with Crippen LogP contribution in [0.3, 0.4) is 0 Å². The van der Waals surface area contributed by atoms with Gasteiger partial charge >= 0.3 is 0 Å². The van der Waals surface area contributed by atoms with Gasteiger partial charge in [-0.2, -0.15) is 0 Å². The molecule has 2 saturated heterocycles. The lowest BCUT2D eigenvalue weighted by Crippen LogP contribution is -2.47. The van der Waals surface area contributed by atoms with Crippen LogP contribution in [0.1, 0.15) is 49.7 Å². The smallest absolute Gasteiger partial charge is 0.233 e. The number of hydrogen-bond donors (Lipinski definition) is 1. The average molecular weight is 593 g/mol. The van der Waals surface area contributed by atoms with Crippen molar-refractivity contribution in [3.63, 3.8) is 0 Å². The van der Waals surface area contributed by atoms with Gasteiger partial charge in [0.05, 0.1) is 18.9 Å². The first-order valence-corrected chi connectivity index (χ1v) is 15.5. The van der Waals surface area contributed by atoms with E-state index in [1.165, 1.54) is 23.6 Å². The van der Waals surface area contributed by atoms with E-state index in [-0.39, 0.29) is 47.3 Å². The van der Waals surface area contributed by atoms with Crippen molar-refractivity contribution in [2.75, 3.05) is 20.2 Å². The molecule has 8 heteroatoms. The molecule has 226 valence electrons. The Hall–Kier alpha value is -4.30. The minimum Gasteiger partial charge on any atom is -0.504 e. The van der Waals surface area contributed by atoms with Crippen molar-refractivity contribution in [2.24, 2.45) is 17.8 Å². The highest BCUT2D eigenvalue weighted by atomic mass is 16.5. The normalized spacial score (nSPS) is 27.5. The molecule has 2 aliphatic heterocycles. The molecule has 0 bridgehead atoms. The Balaban J connectivity index is 1.20. The van der Waals surface area contributed by atoms with Crippen LogP contribution < -0.4 is 4.74 Å². The third-order valence-electron chi connectivity index (χ3n) is 10.3. The quantitative estimate of drug-likeness (QED) is 0.310. The summed E-state index contributed by atoms with van der Waals surface area (Å²) >= 11 is 0. The SMILES string of the molecule is COc1cccc(C2C3=CCC4C(=O)N(C5CCN(Cc6ccccc6)CC5)C(=O)C4C3CC3=C2C(=O)C(C)=CC3=O)c1O. The van der Waals surface area contributed by atoms with Crippen LogP contribution >= 0.6 is 0 Å². The van der Waals surface area contributed by atoms with E-state index >= 15 is 0 Å². The number of para-hydroxylation sites is 1. The van der Waals surface area contributed by atoms with Gasteiger partial charge in [0.25, 0.3) is 0 Å². The van der Waals surface area contributed by atoms with E-state index in [4.69, 9.17) is 4.74 Å². The zero-order chi connectivity index (χ0) is 30.7. The van der Waals surface area contributed by atoms with E-state index in [1.54, 1.807) is 25.1 Å². The molecule has 44 heavy (non-hydrogen) atoms. The summed E-state index contributed by atoms with van der Waals surface area (Å²) in [5.41, 5.74) is 3.62. The summed E-state index contributed by atoms with van der Waals surface area (Å²) in [6, 6.07) is 15.3. The minimum atomic E-state index is -0.710. The standard InChI is InChI=1S/C36H36N2O6/c1-20-17-28(39)27-18-26-23(30(32(27)33(20)40)24-9-6-10-29(44-2)34(24)41)11-12-25-31(26)36(43)38(35(25)42)22-13-15-37(16-14-22)19-21-7-4-3-5-8-21/h3-11,17,22,25-26,30-31,41H,12-16,18-19H2,1-2H3. The second-order valence-electron chi connectivity index (χ2n) is 12.7. The lowest BCUT2D eigenvalue weighted by molar-refractivity contribution is -0.144. The number of benzene rings is 2. The van der Waals surface area contributed by atoms with Crippen molar-refractivity contribution in [1.29, 1.82) is 0 Å². The molecule has 5 aliphatic rings. The number of likely N-dealkylation sites (tertiary alicyclic amines) is 2. The van der Waals surface area contributed by atoms with Gasteiger partial charge in [-0.25, -0.2) is 0 Å². The molecule has 3 aliphatic carbocycles. The van der Waals surface area contributed by atoms with Crippen molar-refractivity contribution in [1.82, 2.24) is 9.80 Å². The number of aromatic hydroxyl groups is 1. The molecule has 2 aromatic carbocycles. The van der Waals surface area contributed by atoms with E-state index in [9.17, 15) is 24.3 Å². The average Bonchev–Trinajstić information content (AvgIpc) is 3.29. The van der Waals surface area contributed by atoms with Crippen LogP contribution in [0.2, 0.25) is 0 Å². The topological polar surface area (TPSA) is 104 Å².